The number of anilines is 2. The fraction of sp³-hybridized carbons (Fsp3) is 0.333. The lowest BCUT2D eigenvalue weighted by molar-refractivity contribution is -0.385. The Labute approximate surface area is 215 Å². The highest BCUT2D eigenvalue weighted by Crippen LogP contribution is 2.46. The van der Waals surface area contributed by atoms with Crippen molar-refractivity contribution in [3.05, 3.63) is 80.7 Å². The van der Waals surface area contributed by atoms with Crippen molar-refractivity contribution in [3.8, 4) is 5.75 Å². The second kappa shape index (κ2) is 11.2. The second-order valence-electron chi connectivity index (χ2n) is 8.62. The highest BCUT2D eigenvalue weighted by Gasteiger charge is 2.41. The second-order valence-corrected chi connectivity index (χ2v) is 8.62. The van der Waals surface area contributed by atoms with Crippen LogP contribution in [0.15, 0.2) is 65.0 Å². The van der Waals surface area contributed by atoms with Crippen molar-refractivity contribution in [2.45, 2.75) is 33.6 Å². The van der Waals surface area contributed by atoms with Crippen molar-refractivity contribution < 1.29 is 29.1 Å². The number of esters is 2. The van der Waals surface area contributed by atoms with Crippen molar-refractivity contribution >= 4 is 29.0 Å². The molecule has 0 saturated heterocycles. The van der Waals surface area contributed by atoms with Crippen molar-refractivity contribution in [3.63, 3.8) is 0 Å². The molecule has 0 fully saturated rings. The molecule has 196 valence electrons. The van der Waals surface area contributed by atoms with Gasteiger partial charge in [-0.3, -0.25) is 10.1 Å². The summed E-state index contributed by atoms with van der Waals surface area (Å²) in [6.07, 6.45) is 0. The van der Waals surface area contributed by atoms with Crippen LogP contribution >= 0.6 is 0 Å². The van der Waals surface area contributed by atoms with Crippen molar-refractivity contribution in [1.82, 2.24) is 0 Å². The Kier molecular flexibility index (Phi) is 8.21. The highest BCUT2D eigenvalue weighted by atomic mass is 16.6. The molecule has 0 unspecified atom stereocenters. The Morgan fingerprint density at radius 3 is 1.92 bits per heavy atom. The molecule has 1 aliphatic heterocycles. The van der Waals surface area contributed by atoms with Gasteiger partial charge in [0.1, 0.15) is 0 Å². The van der Waals surface area contributed by atoms with Gasteiger partial charge < -0.3 is 24.4 Å². The van der Waals surface area contributed by atoms with E-state index in [2.05, 4.69) is 0 Å². The zero-order chi connectivity index (χ0) is 27.4. The summed E-state index contributed by atoms with van der Waals surface area (Å²) in [5.41, 5.74) is 2.70. The van der Waals surface area contributed by atoms with Crippen molar-refractivity contribution in [1.29, 1.82) is 0 Å². The minimum atomic E-state index is -1.02. The molecule has 2 aromatic rings. The normalized spacial score (nSPS) is 14.1. The lowest BCUT2D eigenvalue weighted by Gasteiger charge is -2.38. The Morgan fingerprint density at radius 1 is 0.973 bits per heavy atom. The number of aromatic hydroxyl groups is 1. The van der Waals surface area contributed by atoms with Gasteiger partial charge in [-0.05, 0) is 63.6 Å². The van der Waals surface area contributed by atoms with Gasteiger partial charge >= 0.3 is 17.6 Å². The zero-order valence-electron chi connectivity index (χ0n) is 21.8. The van der Waals surface area contributed by atoms with E-state index in [1.54, 1.807) is 32.6 Å². The Morgan fingerprint density at radius 2 is 1.49 bits per heavy atom. The average Bonchev–Trinajstić information content (AvgIpc) is 2.84. The molecule has 1 heterocycles. The van der Waals surface area contributed by atoms with Crippen LogP contribution in [0.1, 0.15) is 39.2 Å². The van der Waals surface area contributed by atoms with Crippen LogP contribution in [0.4, 0.5) is 17.1 Å². The monoisotopic (exact) mass is 509 g/mol. The molecule has 0 radical (unpaired) electrons. The van der Waals surface area contributed by atoms with E-state index < -0.39 is 34.2 Å². The number of carbonyl (C=O) groups is 2. The number of hydrogen-bond acceptors (Lipinski definition) is 9. The van der Waals surface area contributed by atoms with Crippen molar-refractivity contribution in [2.75, 3.05) is 37.1 Å². The van der Waals surface area contributed by atoms with Gasteiger partial charge in [0.05, 0.1) is 35.2 Å². The first-order chi connectivity index (χ1) is 17.5. The summed E-state index contributed by atoms with van der Waals surface area (Å²) in [5.74, 6) is -2.87. The van der Waals surface area contributed by atoms with Gasteiger partial charge in [0.25, 0.3) is 0 Å². The number of nitrogens with zero attached hydrogens (tertiary/aromatic N) is 3. The van der Waals surface area contributed by atoms with E-state index >= 15 is 0 Å². The summed E-state index contributed by atoms with van der Waals surface area (Å²) < 4.78 is 10.7. The van der Waals surface area contributed by atoms with Crippen LogP contribution < -0.4 is 9.80 Å². The van der Waals surface area contributed by atoms with Gasteiger partial charge in [-0.15, -0.1) is 0 Å². The molecule has 0 bridgehead atoms. The highest BCUT2D eigenvalue weighted by molar-refractivity contribution is 6.01. The molecule has 10 nitrogen and oxygen atoms in total. The molecule has 1 N–H and O–H groups in total. The minimum absolute atomic E-state index is 0.0903. The van der Waals surface area contributed by atoms with E-state index in [0.717, 1.165) is 5.69 Å². The van der Waals surface area contributed by atoms with E-state index in [1.807, 2.05) is 43.3 Å². The molecule has 37 heavy (non-hydrogen) atoms. The van der Waals surface area contributed by atoms with E-state index in [-0.39, 0.29) is 29.9 Å². The van der Waals surface area contributed by atoms with Gasteiger partial charge in [-0.1, -0.05) is 6.07 Å². The van der Waals surface area contributed by atoms with Gasteiger partial charge in [-0.25, -0.2) is 9.59 Å². The average molecular weight is 510 g/mol. The Bertz CT molecular complexity index is 1240. The molecule has 0 aliphatic carbocycles. The summed E-state index contributed by atoms with van der Waals surface area (Å²) in [6, 6.07) is 11.4. The number of phenols is 1. The number of nitro benzene ring substituents is 1. The SMILES string of the molecule is CCOC(=O)C1=C(C)N(c2ccc(N(C)C)cc2)C(C)=C(C(=O)OCC)C1c1ccc(O)c([N+](=O)[O-])c1. The molecule has 2 aromatic carbocycles. The molecular weight excluding hydrogens is 478 g/mol. The number of allylic oxidation sites excluding steroid dienone is 2. The molecule has 0 spiro atoms. The quantitative estimate of drug-likeness (QED) is 0.308. The maximum absolute atomic E-state index is 13.4. The van der Waals surface area contributed by atoms with Crippen LogP contribution in [-0.2, 0) is 19.1 Å². The van der Waals surface area contributed by atoms with Gasteiger partial charge in [0.15, 0.2) is 5.75 Å². The summed E-state index contributed by atoms with van der Waals surface area (Å²) in [5, 5.41) is 21.6. The maximum Gasteiger partial charge on any atom is 0.336 e. The van der Waals surface area contributed by atoms with Crippen LogP contribution in [0, 0.1) is 10.1 Å². The fourth-order valence-corrected chi connectivity index (χ4v) is 4.49. The van der Waals surface area contributed by atoms with E-state index in [0.29, 0.717) is 17.1 Å². The smallest absolute Gasteiger partial charge is 0.336 e. The van der Waals surface area contributed by atoms with Gasteiger partial charge in [-0.2, -0.15) is 0 Å². The molecule has 0 amide bonds. The Hall–Kier alpha value is -4.34. The third-order valence-electron chi connectivity index (χ3n) is 6.17. The topological polar surface area (TPSA) is 122 Å². The van der Waals surface area contributed by atoms with E-state index in [9.17, 15) is 24.8 Å². The van der Waals surface area contributed by atoms with Crippen molar-refractivity contribution in [2.24, 2.45) is 0 Å². The first-order valence-corrected chi connectivity index (χ1v) is 11.8. The predicted molar refractivity (Wildman–Crippen MR) is 139 cm³/mol. The van der Waals surface area contributed by atoms with Crippen LogP contribution in [-0.4, -0.2) is 49.3 Å². The largest absolute Gasteiger partial charge is 0.502 e. The third-order valence-corrected chi connectivity index (χ3v) is 6.17. The van der Waals surface area contributed by atoms with E-state index in [4.69, 9.17) is 9.47 Å². The molecule has 0 atom stereocenters. The molecule has 10 heteroatoms. The number of benzene rings is 2. The number of rotatable bonds is 8. The summed E-state index contributed by atoms with van der Waals surface area (Å²) in [4.78, 5) is 41.3. The van der Waals surface area contributed by atoms with Crippen LogP contribution in [0.5, 0.6) is 5.75 Å². The number of hydrogen-bond donors (Lipinski definition) is 1. The molecule has 0 saturated carbocycles. The van der Waals surface area contributed by atoms with Gasteiger partial charge in [0, 0.05) is 42.9 Å². The lowest BCUT2D eigenvalue weighted by Crippen LogP contribution is -2.35. The fourth-order valence-electron chi connectivity index (χ4n) is 4.49. The summed E-state index contributed by atoms with van der Waals surface area (Å²) in [7, 11) is 3.84. The molecule has 0 aromatic heterocycles. The number of phenolic OH excluding ortho intramolecular Hbond substituents is 1. The minimum Gasteiger partial charge on any atom is -0.502 e. The lowest BCUT2D eigenvalue weighted by atomic mass is 9.79. The number of nitro groups is 1. The van der Waals surface area contributed by atoms with Crippen LogP contribution in [0.2, 0.25) is 0 Å². The summed E-state index contributed by atoms with van der Waals surface area (Å²) in [6.45, 7) is 6.99. The maximum atomic E-state index is 13.4. The summed E-state index contributed by atoms with van der Waals surface area (Å²) >= 11 is 0. The first kappa shape index (κ1) is 27.3. The molecule has 3 rings (SSSR count). The number of ether oxygens (including phenoxy) is 2. The van der Waals surface area contributed by atoms with Crippen LogP contribution in [0.25, 0.3) is 0 Å². The zero-order valence-corrected chi connectivity index (χ0v) is 21.8. The Balaban J connectivity index is 2.34. The standard InChI is InChI=1S/C27H31N3O7/c1-7-36-26(32)23-16(3)29(20-12-10-19(11-13-20)28(5)6)17(4)24(27(33)37-8-2)25(23)18-9-14-22(31)21(15-18)30(34)35/h9-15,25,31H,7-8H2,1-6H3. The van der Waals surface area contributed by atoms with Crippen LogP contribution in [0.3, 0.4) is 0 Å². The molecule has 1 aliphatic rings. The van der Waals surface area contributed by atoms with E-state index in [1.165, 1.54) is 18.2 Å². The number of carbonyl (C=O) groups excluding carboxylic acids is 2. The predicted octanol–water partition coefficient (Wildman–Crippen LogP) is 4.64. The first-order valence-electron chi connectivity index (χ1n) is 11.8. The molecular formula is C27H31N3O7. The van der Waals surface area contributed by atoms with Gasteiger partial charge in [0.2, 0.25) is 0 Å². The third kappa shape index (κ3) is 5.28.